The maximum absolute atomic E-state index is 13.6. The number of thiazole rings is 1. The van der Waals surface area contributed by atoms with Crippen LogP contribution in [0.1, 0.15) is 29.6 Å². The molecule has 11 heteroatoms. The summed E-state index contributed by atoms with van der Waals surface area (Å²) in [5.41, 5.74) is 1.03. The first-order chi connectivity index (χ1) is 16.9. The van der Waals surface area contributed by atoms with Crippen LogP contribution in [0, 0.1) is 0 Å². The van der Waals surface area contributed by atoms with E-state index in [1.54, 1.807) is 34.0 Å². The van der Waals surface area contributed by atoms with Gasteiger partial charge in [-0.2, -0.15) is 9.40 Å². The van der Waals surface area contributed by atoms with Crippen LogP contribution >= 0.6 is 22.9 Å². The van der Waals surface area contributed by atoms with E-state index in [0.29, 0.717) is 47.4 Å². The highest BCUT2D eigenvalue weighted by Crippen LogP contribution is 2.33. The Morgan fingerprint density at radius 2 is 1.83 bits per heavy atom. The van der Waals surface area contributed by atoms with Crippen LogP contribution in [0.25, 0.3) is 10.2 Å². The zero-order valence-electron chi connectivity index (χ0n) is 18.9. The van der Waals surface area contributed by atoms with Crippen LogP contribution in [0.5, 0.6) is 0 Å². The molecular weight excluding hydrogens is 506 g/mol. The summed E-state index contributed by atoms with van der Waals surface area (Å²) in [6.07, 6.45) is 6.30. The minimum absolute atomic E-state index is 0.200. The fourth-order valence-electron chi connectivity index (χ4n) is 4.12. The van der Waals surface area contributed by atoms with Gasteiger partial charge in [0.05, 0.1) is 21.2 Å². The Kier molecular flexibility index (Phi) is 6.88. The predicted molar refractivity (Wildman–Crippen MR) is 138 cm³/mol. The molecule has 182 valence electrons. The van der Waals surface area contributed by atoms with Crippen molar-refractivity contribution in [2.75, 3.05) is 24.5 Å². The Balaban J connectivity index is 1.44. The molecule has 0 spiro atoms. The number of carbonyl (C=O) groups is 1. The van der Waals surface area contributed by atoms with Gasteiger partial charge in [0.15, 0.2) is 5.13 Å². The minimum atomic E-state index is -3.57. The Hall–Kier alpha value is -2.79. The first-order valence-corrected chi connectivity index (χ1v) is 14.0. The second-order valence-electron chi connectivity index (χ2n) is 8.30. The van der Waals surface area contributed by atoms with Crippen LogP contribution in [0.15, 0.2) is 65.8 Å². The zero-order chi connectivity index (χ0) is 24.4. The summed E-state index contributed by atoms with van der Waals surface area (Å²) >= 11 is 7.70. The highest BCUT2D eigenvalue weighted by molar-refractivity contribution is 7.89. The molecule has 1 aliphatic heterocycles. The molecule has 8 nitrogen and oxygen atoms in total. The lowest BCUT2D eigenvalue weighted by molar-refractivity contribution is 0.0985. The quantitative estimate of drug-likeness (QED) is 0.347. The molecule has 2 aromatic carbocycles. The number of aromatic nitrogens is 3. The normalized spacial score (nSPS) is 14.9. The third-order valence-electron chi connectivity index (χ3n) is 6.00. The standard InChI is InChI=1S/C24H24ClN5O3S2/c25-20-6-4-7-21-22(20)27-24(34-21)30(17-16-28-13-5-12-26-28)23(31)18-8-10-19(11-9-18)35(32,33)29-14-2-1-3-15-29/h4-13H,1-3,14-17H2. The maximum atomic E-state index is 13.6. The molecule has 4 aromatic rings. The molecule has 0 saturated carbocycles. The number of hydrogen-bond donors (Lipinski definition) is 0. The number of para-hydroxylation sites is 1. The van der Waals surface area contributed by atoms with Crippen molar-refractivity contribution in [1.29, 1.82) is 0 Å². The van der Waals surface area contributed by atoms with Crippen molar-refractivity contribution in [3.05, 3.63) is 71.5 Å². The minimum Gasteiger partial charge on any atom is -0.282 e. The van der Waals surface area contributed by atoms with Gasteiger partial charge in [-0.05, 0) is 55.3 Å². The van der Waals surface area contributed by atoms with Gasteiger partial charge >= 0.3 is 0 Å². The Morgan fingerprint density at radius 1 is 1.06 bits per heavy atom. The van der Waals surface area contributed by atoms with Gasteiger partial charge in [0, 0.05) is 37.6 Å². The van der Waals surface area contributed by atoms with Gasteiger partial charge in [-0.1, -0.05) is 35.4 Å². The van der Waals surface area contributed by atoms with E-state index in [1.807, 2.05) is 24.4 Å². The fraction of sp³-hybridized carbons (Fsp3) is 0.292. The highest BCUT2D eigenvalue weighted by atomic mass is 35.5. The van der Waals surface area contributed by atoms with Crippen LogP contribution in [0.2, 0.25) is 5.02 Å². The number of hydrogen-bond acceptors (Lipinski definition) is 6. The molecular formula is C24H24ClN5O3S2. The van der Waals surface area contributed by atoms with E-state index in [9.17, 15) is 13.2 Å². The SMILES string of the molecule is O=C(c1ccc(S(=O)(=O)N2CCCCC2)cc1)N(CCn1cccn1)c1nc2c(Cl)cccc2s1. The first-order valence-electron chi connectivity index (χ1n) is 11.4. The number of piperidine rings is 1. The Bertz CT molecular complexity index is 1430. The van der Waals surface area contributed by atoms with Gasteiger partial charge in [-0.15, -0.1) is 0 Å². The van der Waals surface area contributed by atoms with E-state index >= 15 is 0 Å². The molecule has 0 N–H and O–H groups in total. The Labute approximate surface area is 212 Å². The summed E-state index contributed by atoms with van der Waals surface area (Å²) < 4.78 is 30.1. The maximum Gasteiger partial charge on any atom is 0.260 e. The van der Waals surface area contributed by atoms with Crippen LogP contribution in [0.3, 0.4) is 0 Å². The second kappa shape index (κ2) is 10.1. The molecule has 1 fully saturated rings. The third-order valence-corrected chi connectivity index (χ3v) is 9.26. The second-order valence-corrected chi connectivity index (χ2v) is 11.7. The highest BCUT2D eigenvalue weighted by Gasteiger charge is 2.27. The van der Waals surface area contributed by atoms with Crippen LogP contribution in [-0.2, 0) is 16.6 Å². The van der Waals surface area contributed by atoms with Gasteiger partial charge in [0.25, 0.3) is 5.91 Å². The summed E-state index contributed by atoms with van der Waals surface area (Å²) in [7, 11) is -3.57. The molecule has 1 saturated heterocycles. The molecule has 0 atom stereocenters. The van der Waals surface area contributed by atoms with E-state index in [1.165, 1.54) is 27.8 Å². The largest absolute Gasteiger partial charge is 0.282 e. The molecule has 2 aromatic heterocycles. The lowest BCUT2D eigenvalue weighted by Crippen LogP contribution is -2.36. The lowest BCUT2D eigenvalue weighted by Gasteiger charge is -2.26. The smallest absolute Gasteiger partial charge is 0.260 e. The van der Waals surface area contributed by atoms with E-state index in [-0.39, 0.29) is 10.8 Å². The number of amides is 1. The number of sulfonamides is 1. The van der Waals surface area contributed by atoms with E-state index in [4.69, 9.17) is 11.6 Å². The molecule has 0 unspecified atom stereocenters. The van der Waals surface area contributed by atoms with Crippen molar-refractivity contribution in [3.8, 4) is 0 Å². The van der Waals surface area contributed by atoms with Crippen LogP contribution < -0.4 is 4.90 Å². The Morgan fingerprint density at radius 3 is 2.51 bits per heavy atom. The molecule has 0 radical (unpaired) electrons. The molecule has 3 heterocycles. The summed E-state index contributed by atoms with van der Waals surface area (Å²) in [5, 5.41) is 5.27. The predicted octanol–water partition coefficient (Wildman–Crippen LogP) is 4.67. The van der Waals surface area contributed by atoms with Gasteiger partial charge in [-0.3, -0.25) is 14.4 Å². The van der Waals surface area contributed by atoms with Crippen molar-refractivity contribution in [3.63, 3.8) is 0 Å². The van der Waals surface area contributed by atoms with Crippen molar-refractivity contribution >= 4 is 54.2 Å². The molecule has 35 heavy (non-hydrogen) atoms. The number of carbonyl (C=O) groups excluding carboxylic acids is 1. The number of rotatable bonds is 7. The topological polar surface area (TPSA) is 88.4 Å². The summed E-state index contributed by atoms with van der Waals surface area (Å²) in [4.78, 5) is 20.0. The summed E-state index contributed by atoms with van der Waals surface area (Å²) in [5.74, 6) is -0.269. The van der Waals surface area contributed by atoms with Crippen LogP contribution in [0.4, 0.5) is 5.13 Å². The fourth-order valence-corrected chi connectivity index (χ4v) is 6.92. The van der Waals surface area contributed by atoms with Gasteiger partial charge < -0.3 is 0 Å². The van der Waals surface area contributed by atoms with Gasteiger partial charge in [0.2, 0.25) is 10.0 Å². The molecule has 1 amide bonds. The van der Waals surface area contributed by atoms with E-state index in [0.717, 1.165) is 24.0 Å². The molecule has 5 rings (SSSR count). The lowest BCUT2D eigenvalue weighted by atomic mass is 10.2. The average Bonchev–Trinajstić information content (AvgIpc) is 3.56. The number of anilines is 1. The van der Waals surface area contributed by atoms with Crippen molar-refractivity contribution in [2.45, 2.75) is 30.7 Å². The van der Waals surface area contributed by atoms with Crippen LogP contribution in [-0.4, -0.2) is 53.0 Å². The average molecular weight is 530 g/mol. The molecule has 0 aliphatic carbocycles. The van der Waals surface area contributed by atoms with Crippen molar-refractivity contribution in [1.82, 2.24) is 19.1 Å². The molecule has 0 bridgehead atoms. The summed E-state index contributed by atoms with van der Waals surface area (Å²) in [6, 6.07) is 13.5. The summed E-state index contributed by atoms with van der Waals surface area (Å²) in [6.45, 7) is 1.88. The first kappa shape index (κ1) is 23.9. The number of fused-ring (bicyclic) bond motifs is 1. The zero-order valence-corrected chi connectivity index (χ0v) is 21.3. The molecule has 1 aliphatic rings. The van der Waals surface area contributed by atoms with Crippen molar-refractivity contribution < 1.29 is 13.2 Å². The van der Waals surface area contributed by atoms with E-state index in [2.05, 4.69) is 10.1 Å². The van der Waals surface area contributed by atoms with E-state index < -0.39 is 10.0 Å². The number of nitrogens with zero attached hydrogens (tertiary/aromatic N) is 5. The monoisotopic (exact) mass is 529 g/mol. The number of benzene rings is 2. The van der Waals surface area contributed by atoms with Gasteiger partial charge in [-0.25, -0.2) is 13.4 Å². The number of halogens is 1. The third kappa shape index (κ3) is 4.97. The van der Waals surface area contributed by atoms with Crippen molar-refractivity contribution in [2.24, 2.45) is 0 Å². The van der Waals surface area contributed by atoms with Gasteiger partial charge in [0.1, 0.15) is 5.52 Å².